The van der Waals surface area contributed by atoms with Crippen molar-refractivity contribution < 1.29 is 27.5 Å². The summed E-state index contributed by atoms with van der Waals surface area (Å²) < 4.78 is 40.2. The molecule has 0 saturated carbocycles. The normalized spacial score (nSPS) is 14.0. The predicted octanol–water partition coefficient (Wildman–Crippen LogP) is 4.27. The number of halogens is 3. The summed E-state index contributed by atoms with van der Waals surface area (Å²) in [6.07, 6.45) is -4.37. The van der Waals surface area contributed by atoms with E-state index in [0.29, 0.717) is 29.1 Å². The first-order valence-corrected chi connectivity index (χ1v) is 8.52. The molecule has 3 rings (SSSR count). The minimum atomic E-state index is -4.77. The molecule has 2 N–H and O–H groups in total. The van der Waals surface area contributed by atoms with E-state index in [0.717, 1.165) is 17.0 Å². The van der Waals surface area contributed by atoms with Crippen molar-refractivity contribution in [1.82, 2.24) is 0 Å². The number of hydrogen-bond donors (Lipinski definition) is 2. The maximum absolute atomic E-state index is 12.3. The van der Waals surface area contributed by atoms with Crippen LogP contribution in [0.3, 0.4) is 0 Å². The van der Waals surface area contributed by atoms with Crippen molar-refractivity contribution in [3.63, 3.8) is 0 Å². The van der Waals surface area contributed by atoms with Crippen molar-refractivity contribution in [2.45, 2.75) is 17.7 Å². The van der Waals surface area contributed by atoms with Gasteiger partial charge in [0.05, 0.1) is 5.69 Å². The van der Waals surface area contributed by atoms with E-state index in [2.05, 4.69) is 15.4 Å². The number of carbonyl (C=O) groups excluding carboxylic acids is 2. The number of ether oxygens (including phenoxy) is 1. The summed E-state index contributed by atoms with van der Waals surface area (Å²) in [5.41, 5.74) is 1.21. The van der Waals surface area contributed by atoms with Gasteiger partial charge in [0.25, 0.3) is 5.91 Å². The number of benzene rings is 2. The number of alkyl halides is 3. The molecule has 1 heterocycles. The third-order valence-corrected chi connectivity index (χ3v) is 4.52. The van der Waals surface area contributed by atoms with E-state index < -0.39 is 12.3 Å². The van der Waals surface area contributed by atoms with Crippen LogP contribution < -0.4 is 15.4 Å². The van der Waals surface area contributed by atoms with Gasteiger partial charge in [0.2, 0.25) is 5.91 Å². The second-order valence-corrected chi connectivity index (χ2v) is 6.52. The summed E-state index contributed by atoms with van der Waals surface area (Å²) in [4.78, 5) is 24.8. The van der Waals surface area contributed by atoms with Gasteiger partial charge in [0.15, 0.2) is 0 Å². The Balaban J connectivity index is 1.71. The van der Waals surface area contributed by atoms with Crippen LogP contribution in [0, 0.1) is 0 Å². The molecule has 5 nitrogen and oxygen atoms in total. The van der Waals surface area contributed by atoms with Gasteiger partial charge in [-0.3, -0.25) is 9.59 Å². The molecular weight excluding hydrogens is 369 g/mol. The van der Waals surface area contributed by atoms with E-state index in [9.17, 15) is 22.8 Å². The van der Waals surface area contributed by atoms with Crippen molar-refractivity contribution in [3.05, 3.63) is 48.0 Å². The first-order valence-electron chi connectivity index (χ1n) is 7.54. The van der Waals surface area contributed by atoms with Gasteiger partial charge in [-0.1, -0.05) is 0 Å². The van der Waals surface area contributed by atoms with Gasteiger partial charge in [0, 0.05) is 28.3 Å². The molecule has 2 aromatic carbocycles. The average molecular weight is 382 g/mol. The van der Waals surface area contributed by atoms with E-state index in [1.165, 1.54) is 23.9 Å². The highest BCUT2D eigenvalue weighted by atomic mass is 32.2. The topological polar surface area (TPSA) is 67.4 Å². The number of fused-ring (bicyclic) bond motifs is 1. The van der Waals surface area contributed by atoms with Gasteiger partial charge >= 0.3 is 6.36 Å². The fourth-order valence-corrected chi connectivity index (χ4v) is 3.24. The van der Waals surface area contributed by atoms with Crippen LogP contribution in [0.2, 0.25) is 0 Å². The van der Waals surface area contributed by atoms with E-state index in [-0.39, 0.29) is 11.7 Å². The minimum absolute atomic E-state index is 0.117. The molecule has 0 atom stereocenters. The van der Waals surface area contributed by atoms with Crippen LogP contribution in [0.4, 0.5) is 24.5 Å². The standard InChI is InChI=1S/C17H13F3N2O3S/c18-17(19,20)25-12-4-2-11(3-5-12)21-16(24)10-1-6-14-13(9-10)22-15(23)7-8-26-14/h1-6,9H,7-8H2,(H,21,24)(H,22,23). The van der Waals surface area contributed by atoms with Crippen molar-refractivity contribution in [1.29, 1.82) is 0 Å². The zero-order chi connectivity index (χ0) is 18.7. The zero-order valence-corrected chi connectivity index (χ0v) is 14.0. The van der Waals surface area contributed by atoms with Crippen LogP contribution in [-0.4, -0.2) is 23.9 Å². The highest BCUT2D eigenvalue weighted by Gasteiger charge is 2.31. The summed E-state index contributed by atoms with van der Waals surface area (Å²) in [7, 11) is 0. The van der Waals surface area contributed by atoms with Crippen LogP contribution >= 0.6 is 11.8 Å². The molecule has 2 aromatic rings. The van der Waals surface area contributed by atoms with Crippen LogP contribution in [0.25, 0.3) is 0 Å². The summed E-state index contributed by atoms with van der Waals surface area (Å²) in [6.45, 7) is 0. The van der Waals surface area contributed by atoms with Crippen LogP contribution in [0.1, 0.15) is 16.8 Å². The molecule has 26 heavy (non-hydrogen) atoms. The Kier molecular flexibility index (Phi) is 5.08. The molecule has 0 aliphatic carbocycles. The molecule has 0 bridgehead atoms. The molecule has 0 unspecified atom stereocenters. The smallest absolute Gasteiger partial charge is 0.406 e. The number of carbonyl (C=O) groups is 2. The predicted molar refractivity (Wildman–Crippen MR) is 91.5 cm³/mol. The number of anilines is 2. The van der Waals surface area contributed by atoms with E-state index >= 15 is 0 Å². The maximum Gasteiger partial charge on any atom is 0.573 e. The fraction of sp³-hybridized carbons (Fsp3) is 0.176. The molecule has 0 aromatic heterocycles. The third-order valence-electron chi connectivity index (χ3n) is 3.45. The first kappa shape index (κ1) is 18.1. The van der Waals surface area contributed by atoms with Crippen molar-refractivity contribution in [2.24, 2.45) is 0 Å². The monoisotopic (exact) mass is 382 g/mol. The van der Waals surface area contributed by atoms with Crippen LogP contribution in [-0.2, 0) is 4.79 Å². The van der Waals surface area contributed by atoms with E-state index in [1.807, 2.05) is 0 Å². The SMILES string of the molecule is O=C1CCSc2ccc(C(=O)Nc3ccc(OC(F)(F)F)cc3)cc2N1. The molecule has 136 valence electrons. The highest BCUT2D eigenvalue weighted by molar-refractivity contribution is 7.99. The zero-order valence-electron chi connectivity index (χ0n) is 13.2. The third kappa shape index (κ3) is 4.69. The molecular formula is C17H13F3N2O3S. The second-order valence-electron chi connectivity index (χ2n) is 5.38. The van der Waals surface area contributed by atoms with Crippen LogP contribution in [0.15, 0.2) is 47.4 Å². The van der Waals surface area contributed by atoms with Crippen molar-refractivity contribution >= 4 is 35.0 Å². The Labute approximate surface area is 150 Å². The molecule has 2 amide bonds. The number of thioether (sulfide) groups is 1. The number of rotatable bonds is 3. The van der Waals surface area contributed by atoms with Crippen molar-refractivity contribution in [2.75, 3.05) is 16.4 Å². The van der Waals surface area contributed by atoms with Gasteiger partial charge in [0.1, 0.15) is 5.75 Å². The highest BCUT2D eigenvalue weighted by Crippen LogP contribution is 2.31. The minimum Gasteiger partial charge on any atom is -0.406 e. The molecule has 1 aliphatic heterocycles. The fourth-order valence-electron chi connectivity index (χ4n) is 2.30. The van der Waals surface area contributed by atoms with Gasteiger partial charge in [-0.05, 0) is 42.5 Å². The quantitative estimate of drug-likeness (QED) is 0.832. The van der Waals surface area contributed by atoms with Crippen molar-refractivity contribution in [3.8, 4) is 5.75 Å². The Morgan fingerprint density at radius 2 is 1.88 bits per heavy atom. The Bertz CT molecular complexity index is 838. The first-order chi connectivity index (χ1) is 12.3. The summed E-state index contributed by atoms with van der Waals surface area (Å²) in [5, 5.41) is 5.33. The largest absolute Gasteiger partial charge is 0.573 e. The van der Waals surface area contributed by atoms with E-state index in [1.54, 1.807) is 18.2 Å². The lowest BCUT2D eigenvalue weighted by atomic mass is 10.1. The lowest BCUT2D eigenvalue weighted by Crippen LogP contribution is -2.17. The van der Waals surface area contributed by atoms with Gasteiger partial charge in [-0.15, -0.1) is 24.9 Å². The molecule has 0 saturated heterocycles. The van der Waals surface area contributed by atoms with Gasteiger partial charge in [-0.2, -0.15) is 0 Å². The van der Waals surface area contributed by atoms with Crippen LogP contribution in [0.5, 0.6) is 5.75 Å². The Morgan fingerprint density at radius 3 is 2.58 bits per heavy atom. The summed E-state index contributed by atoms with van der Waals surface area (Å²) in [6, 6.07) is 9.77. The maximum atomic E-state index is 12.3. The lowest BCUT2D eigenvalue weighted by molar-refractivity contribution is -0.274. The summed E-state index contributed by atoms with van der Waals surface area (Å²) >= 11 is 1.52. The molecule has 9 heteroatoms. The average Bonchev–Trinajstić information content (AvgIpc) is 2.75. The van der Waals surface area contributed by atoms with Gasteiger partial charge < -0.3 is 15.4 Å². The molecule has 0 radical (unpaired) electrons. The molecule has 1 aliphatic rings. The number of hydrogen-bond acceptors (Lipinski definition) is 4. The molecule has 0 fully saturated rings. The number of amides is 2. The van der Waals surface area contributed by atoms with Gasteiger partial charge in [-0.25, -0.2) is 0 Å². The number of nitrogens with one attached hydrogen (secondary N) is 2. The Hall–Kier alpha value is -2.68. The second kappa shape index (κ2) is 7.28. The summed E-state index contributed by atoms with van der Waals surface area (Å²) in [5.74, 6) is -0.272. The Morgan fingerprint density at radius 1 is 1.15 bits per heavy atom. The van der Waals surface area contributed by atoms with E-state index in [4.69, 9.17) is 0 Å². The lowest BCUT2D eigenvalue weighted by Gasteiger charge is -2.11. The molecule has 0 spiro atoms.